The maximum absolute atomic E-state index is 12.6. The van der Waals surface area contributed by atoms with E-state index in [9.17, 15) is 4.79 Å². The number of amides is 1. The summed E-state index contributed by atoms with van der Waals surface area (Å²) in [6.07, 6.45) is 0. The topological polar surface area (TPSA) is 42.8 Å². The largest absolute Gasteiger partial charge is 0.370 e. The lowest BCUT2D eigenvalue weighted by Gasteiger charge is -2.35. The SMILES string of the molecule is Cc1ccc(SCC(=O)N[C@H](C)[C@@H](c2ccccc2)[NH+]2CCOCC2)cc1C. The van der Waals surface area contributed by atoms with Crippen molar-refractivity contribution in [3.8, 4) is 0 Å². The normalized spacial score (nSPS) is 17.1. The molecule has 0 unspecified atom stereocenters. The van der Waals surface area contributed by atoms with Crippen molar-refractivity contribution in [1.82, 2.24) is 5.32 Å². The van der Waals surface area contributed by atoms with Gasteiger partial charge in [0.25, 0.3) is 0 Å². The zero-order valence-corrected chi connectivity index (χ0v) is 17.9. The summed E-state index contributed by atoms with van der Waals surface area (Å²) in [6.45, 7) is 9.84. The quantitative estimate of drug-likeness (QED) is 0.703. The molecule has 1 fully saturated rings. The van der Waals surface area contributed by atoms with Crippen LogP contribution in [0.3, 0.4) is 0 Å². The van der Waals surface area contributed by atoms with Crippen molar-refractivity contribution in [1.29, 1.82) is 0 Å². The summed E-state index contributed by atoms with van der Waals surface area (Å²) in [6, 6.07) is 17.2. The Kier molecular flexibility index (Phi) is 7.54. The van der Waals surface area contributed by atoms with Gasteiger partial charge in [0.15, 0.2) is 0 Å². The van der Waals surface area contributed by atoms with E-state index in [1.807, 2.05) is 6.07 Å². The fourth-order valence-corrected chi connectivity index (χ4v) is 4.62. The van der Waals surface area contributed by atoms with Gasteiger partial charge in [-0.15, -0.1) is 11.8 Å². The molecule has 0 aliphatic carbocycles. The van der Waals surface area contributed by atoms with Crippen molar-refractivity contribution in [3.05, 3.63) is 65.2 Å². The lowest BCUT2D eigenvalue weighted by molar-refractivity contribution is -0.940. The number of quaternary nitrogens is 1. The molecule has 3 rings (SSSR count). The molecule has 1 aliphatic heterocycles. The predicted molar refractivity (Wildman–Crippen MR) is 115 cm³/mol. The van der Waals surface area contributed by atoms with Crippen molar-refractivity contribution in [2.24, 2.45) is 0 Å². The van der Waals surface area contributed by atoms with Gasteiger partial charge >= 0.3 is 0 Å². The third kappa shape index (κ3) is 5.60. The van der Waals surface area contributed by atoms with Crippen LogP contribution in [0.4, 0.5) is 0 Å². The summed E-state index contributed by atoms with van der Waals surface area (Å²) in [7, 11) is 0. The number of nitrogens with one attached hydrogen (secondary N) is 2. The van der Waals surface area contributed by atoms with Gasteiger partial charge in [0.1, 0.15) is 19.1 Å². The zero-order chi connectivity index (χ0) is 19.9. The van der Waals surface area contributed by atoms with Crippen LogP contribution in [0.5, 0.6) is 0 Å². The first-order valence-electron chi connectivity index (χ1n) is 10.0. The van der Waals surface area contributed by atoms with Crippen LogP contribution in [-0.4, -0.2) is 44.0 Å². The number of hydrogen-bond acceptors (Lipinski definition) is 3. The number of carbonyl (C=O) groups is 1. The minimum absolute atomic E-state index is 0.0587. The number of morpholine rings is 1. The molecule has 2 N–H and O–H groups in total. The standard InChI is InChI=1S/C23H30N2O2S/c1-17-9-10-21(15-18(17)2)28-16-22(26)24-19(3)23(20-7-5-4-6-8-20)25-11-13-27-14-12-25/h4-10,15,19,23H,11-14,16H2,1-3H3,(H,24,26)/p+1/t19-,23+/m1/s1. The van der Waals surface area contributed by atoms with E-state index in [1.165, 1.54) is 21.6 Å². The molecule has 4 nitrogen and oxygen atoms in total. The number of hydrogen-bond donors (Lipinski definition) is 2. The van der Waals surface area contributed by atoms with Gasteiger partial charge in [-0.1, -0.05) is 36.4 Å². The van der Waals surface area contributed by atoms with Gasteiger partial charge in [0.05, 0.1) is 25.0 Å². The third-order valence-electron chi connectivity index (χ3n) is 5.47. The van der Waals surface area contributed by atoms with Gasteiger partial charge in [0, 0.05) is 10.5 Å². The van der Waals surface area contributed by atoms with Gasteiger partial charge in [-0.3, -0.25) is 4.79 Å². The number of aryl methyl sites for hydroxylation is 2. The summed E-state index contributed by atoms with van der Waals surface area (Å²) in [5, 5.41) is 3.25. The van der Waals surface area contributed by atoms with E-state index in [0.717, 1.165) is 31.2 Å². The van der Waals surface area contributed by atoms with Crippen molar-refractivity contribution < 1.29 is 14.4 Å². The molecule has 2 aromatic carbocycles. The first-order valence-corrected chi connectivity index (χ1v) is 11.0. The van der Waals surface area contributed by atoms with Crippen molar-refractivity contribution in [2.45, 2.75) is 37.8 Å². The first kappa shape index (κ1) is 20.9. The maximum atomic E-state index is 12.6. The molecule has 0 bridgehead atoms. The molecule has 150 valence electrons. The second kappa shape index (κ2) is 10.1. The Hall–Kier alpha value is -1.82. The van der Waals surface area contributed by atoms with Crippen LogP contribution >= 0.6 is 11.8 Å². The molecule has 2 aromatic rings. The first-order chi connectivity index (χ1) is 13.5. The molecule has 0 aromatic heterocycles. The average Bonchev–Trinajstić information content (AvgIpc) is 2.71. The Bertz CT molecular complexity index is 775. The van der Waals surface area contributed by atoms with Crippen LogP contribution in [0.25, 0.3) is 0 Å². The second-order valence-corrected chi connectivity index (χ2v) is 8.60. The Labute approximate surface area is 172 Å². The number of benzene rings is 2. The van der Waals surface area contributed by atoms with Crippen molar-refractivity contribution in [3.63, 3.8) is 0 Å². The van der Waals surface area contributed by atoms with Crippen LogP contribution < -0.4 is 10.2 Å². The number of rotatable bonds is 7. The molecule has 1 amide bonds. The Morgan fingerprint density at radius 3 is 2.50 bits per heavy atom. The highest BCUT2D eigenvalue weighted by Gasteiger charge is 2.32. The second-order valence-electron chi connectivity index (χ2n) is 7.55. The molecule has 2 atom stereocenters. The summed E-state index contributed by atoms with van der Waals surface area (Å²) in [5.41, 5.74) is 3.81. The van der Waals surface area contributed by atoms with E-state index in [-0.39, 0.29) is 18.0 Å². The Balaban J connectivity index is 1.62. The fourth-order valence-electron chi connectivity index (χ4n) is 3.81. The summed E-state index contributed by atoms with van der Waals surface area (Å²) in [4.78, 5) is 15.3. The summed E-state index contributed by atoms with van der Waals surface area (Å²) < 4.78 is 5.54. The molecule has 1 aliphatic rings. The molecule has 28 heavy (non-hydrogen) atoms. The third-order valence-corrected chi connectivity index (χ3v) is 6.46. The highest BCUT2D eigenvalue weighted by molar-refractivity contribution is 8.00. The van der Waals surface area contributed by atoms with Crippen molar-refractivity contribution >= 4 is 17.7 Å². The predicted octanol–water partition coefficient (Wildman–Crippen LogP) is 2.56. The average molecular weight is 400 g/mol. The van der Waals surface area contributed by atoms with Gasteiger partial charge in [-0.25, -0.2) is 0 Å². The van der Waals surface area contributed by atoms with Crippen LogP contribution in [0.15, 0.2) is 53.4 Å². The van der Waals surface area contributed by atoms with E-state index in [1.54, 1.807) is 11.8 Å². The molecule has 5 heteroatoms. The van der Waals surface area contributed by atoms with Crippen molar-refractivity contribution in [2.75, 3.05) is 32.1 Å². The highest BCUT2D eigenvalue weighted by Crippen LogP contribution is 2.21. The van der Waals surface area contributed by atoms with E-state index < -0.39 is 0 Å². The van der Waals surface area contributed by atoms with Gasteiger partial charge < -0.3 is 15.0 Å². The summed E-state index contributed by atoms with van der Waals surface area (Å²) >= 11 is 1.60. The van der Waals surface area contributed by atoms with Crippen LogP contribution in [0.2, 0.25) is 0 Å². The molecule has 1 saturated heterocycles. The van der Waals surface area contributed by atoms with Crippen LogP contribution in [0, 0.1) is 13.8 Å². The van der Waals surface area contributed by atoms with E-state index >= 15 is 0 Å². The lowest BCUT2D eigenvalue weighted by atomic mass is 9.98. The monoisotopic (exact) mass is 399 g/mol. The minimum atomic E-state index is 0.0587. The lowest BCUT2D eigenvalue weighted by Crippen LogP contribution is -3.15. The molecular formula is C23H31N2O2S+. The smallest absolute Gasteiger partial charge is 0.230 e. The van der Waals surface area contributed by atoms with E-state index in [0.29, 0.717) is 5.75 Å². The minimum Gasteiger partial charge on any atom is -0.370 e. The Morgan fingerprint density at radius 2 is 1.82 bits per heavy atom. The number of carbonyl (C=O) groups excluding carboxylic acids is 1. The molecule has 0 spiro atoms. The van der Waals surface area contributed by atoms with Crippen LogP contribution in [0.1, 0.15) is 29.7 Å². The van der Waals surface area contributed by atoms with Gasteiger partial charge in [0.2, 0.25) is 5.91 Å². The van der Waals surface area contributed by atoms with Gasteiger partial charge in [-0.2, -0.15) is 0 Å². The number of thioether (sulfide) groups is 1. The zero-order valence-electron chi connectivity index (χ0n) is 17.0. The summed E-state index contributed by atoms with van der Waals surface area (Å²) in [5.74, 6) is 0.525. The van der Waals surface area contributed by atoms with E-state index in [2.05, 4.69) is 68.6 Å². The molecule has 0 radical (unpaired) electrons. The molecule has 0 saturated carbocycles. The molecular weight excluding hydrogens is 368 g/mol. The van der Waals surface area contributed by atoms with E-state index in [4.69, 9.17) is 4.74 Å². The molecule has 1 heterocycles. The highest BCUT2D eigenvalue weighted by atomic mass is 32.2. The fraction of sp³-hybridized carbons (Fsp3) is 0.435. The van der Waals surface area contributed by atoms with Gasteiger partial charge in [-0.05, 0) is 44.0 Å². The maximum Gasteiger partial charge on any atom is 0.230 e. The van der Waals surface area contributed by atoms with Crippen LogP contribution in [-0.2, 0) is 9.53 Å². The Morgan fingerprint density at radius 1 is 1.11 bits per heavy atom. The number of ether oxygens (including phenoxy) is 1.